The van der Waals surface area contributed by atoms with Crippen molar-refractivity contribution in [3.05, 3.63) is 72.9 Å². The third kappa shape index (κ3) is 37.1. The third-order valence-electron chi connectivity index (χ3n) is 9.20. The first-order valence-corrected chi connectivity index (χ1v) is 21.2. The van der Waals surface area contributed by atoms with Gasteiger partial charge in [0.1, 0.15) is 0 Å². The number of carbonyl (C=O) groups excluding carboxylic acids is 1. The van der Waals surface area contributed by atoms with E-state index in [4.69, 9.17) is 0 Å². The van der Waals surface area contributed by atoms with Crippen molar-refractivity contribution in [3.8, 4) is 0 Å². The summed E-state index contributed by atoms with van der Waals surface area (Å²) in [5.41, 5.74) is 0. The lowest BCUT2D eigenvalue weighted by molar-refractivity contribution is -0.123. The van der Waals surface area contributed by atoms with Crippen molar-refractivity contribution in [1.29, 1.82) is 0 Å². The molecule has 0 rings (SSSR count). The van der Waals surface area contributed by atoms with Crippen LogP contribution in [0.15, 0.2) is 72.9 Å². The zero-order chi connectivity index (χ0) is 36.4. The van der Waals surface area contributed by atoms with Crippen LogP contribution < -0.4 is 5.32 Å². The maximum Gasteiger partial charge on any atom is 0.220 e. The molecule has 0 saturated carbocycles. The van der Waals surface area contributed by atoms with Gasteiger partial charge in [0.2, 0.25) is 5.91 Å². The number of carbonyl (C=O) groups is 1. The number of hydrogen-bond acceptors (Lipinski definition) is 3. The second kappa shape index (κ2) is 41.3. The van der Waals surface area contributed by atoms with Gasteiger partial charge in [-0.1, -0.05) is 196 Å². The van der Waals surface area contributed by atoms with Crippen LogP contribution in [0.4, 0.5) is 0 Å². The van der Waals surface area contributed by atoms with E-state index in [0.29, 0.717) is 6.42 Å². The van der Waals surface area contributed by atoms with E-state index in [0.717, 1.165) is 70.6 Å². The highest BCUT2D eigenvalue weighted by atomic mass is 16.3. The molecule has 0 aliphatic rings. The first-order chi connectivity index (χ1) is 24.7. The van der Waals surface area contributed by atoms with E-state index in [1.807, 2.05) is 6.08 Å². The topological polar surface area (TPSA) is 69.6 Å². The van der Waals surface area contributed by atoms with Crippen molar-refractivity contribution in [2.45, 2.75) is 206 Å². The number of unbranched alkanes of at least 4 members (excludes halogenated alkanes) is 20. The van der Waals surface area contributed by atoms with Gasteiger partial charge in [0.15, 0.2) is 0 Å². The molecular weight excluding hydrogens is 615 g/mol. The predicted molar refractivity (Wildman–Crippen MR) is 220 cm³/mol. The van der Waals surface area contributed by atoms with E-state index in [-0.39, 0.29) is 12.5 Å². The molecule has 2 unspecified atom stereocenters. The Kier molecular flexibility index (Phi) is 39.5. The molecule has 0 aromatic heterocycles. The van der Waals surface area contributed by atoms with E-state index in [1.54, 1.807) is 6.08 Å². The fraction of sp³-hybridized carbons (Fsp3) is 0.717. The molecule has 0 saturated heterocycles. The zero-order valence-corrected chi connectivity index (χ0v) is 32.9. The van der Waals surface area contributed by atoms with Crippen molar-refractivity contribution in [3.63, 3.8) is 0 Å². The van der Waals surface area contributed by atoms with Crippen LogP contribution in [0.5, 0.6) is 0 Å². The van der Waals surface area contributed by atoms with Crippen molar-refractivity contribution in [2.24, 2.45) is 0 Å². The lowest BCUT2D eigenvalue weighted by Crippen LogP contribution is -2.45. The summed E-state index contributed by atoms with van der Waals surface area (Å²) in [5.74, 6) is -0.0976. The molecule has 0 bridgehead atoms. The Morgan fingerprint density at radius 2 is 0.880 bits per heavy atom. The fourth-order valence-electron chi connectivity index (χ4n) is 5.97. The molecule has 0 aliphatic carbocycles. The highest BCUT2D eigenvalue weighted by Gasteiger charge is 2.17. The van der Waals surface area contributed by atoms with Gasteiger partial charge in [0, 0.05) is 6.42 Å². The van der Waals surface area contributed by atoms with Crippen LogP contribution in [0, 0.1) is 0 Å². The number of aliphatic hydroxyl groups is 2. The Morgan fingerprint density at radius 1 is 0.500 bits per heavy atom. The third-order valence-corrected chi connectivity index (χ3v) is 9.20. The van der Waals surface area contributed by atoms with Crippen molar-refractivity contribution < 1.29 is 15.0 Å². The summed E-state index contributed by atoms with van der Waals surface area (Å²) in [6.45, 7) is 4.18. The quantitative estimate of drug-likeness (QED) is 0.0447. The van der Waals surface area contributed by atoms with E-state index < -0.39 is 12.1 Å². The first kappa shape index (κ1) is 47.8. The minimum absolute atomic E-state index is 0.0976. The molecule has 0 spiro atoms. The van der Waals surface area contributed by atoms with Gasteiger partial charge in [-0.05, 0) is 64.2 Å². The SMILES string of the molecule is CC/C=C\C/C=C\C/C=C\C/C=C\C/C=C\CCCCCC(=O)NC(CO)C(O)/C=C/CCCCCCCCCCCCCCCCCCC. The molecule has 0 aromatic carbocycles. The number of aliphatic hydroxyl groups excluding tert-OH is 2. The Labute approximate surface area is 310 Å². The van der Waals surface area contributed by atoms with Gasteiger partial charge in [0.05, 0.1) is 18.8 Å². The van der Waals surface area contributed by atoms with Crippen molar-refractivity contribution >= 4 is 5.91 Å². The second-order valence-electron chi connectivity index (χ2n) is 14.0. The van der Waals surface area contributed by atoms with Crippen molar-refractivity contribution in [1.82, 2.24) is 5.32 Å². The number of hydrogen-bond donors (Lipinski definition) is 3. The lowest BCUT2D eigenvalue weighted by atomic mass is 10.0. The molecule has 2 atom stereocenters. The molecule has 0 radical (unpaired) electrons. The lowest BCUT2D eigenvalue weighted by Gasteiger charge is -2.19. The molecule has 3 N–H and O–H groups in total. The molecule has 0 aliphatic heterocycles. The highest BCUT2D eigenvalue weighted by molar-refractivity contribution is 5.76. The zero-order valence-electron chi connectivity index (χ0n) is 32.9. The fourth-order valence-corrected chi connectivity index (χ4v) is 5.97. The number of rotatable bonds is 37. The maximum atomic E-state index is 12.4. The monoisotopic (exact) mass is 696 g/mol. The predicted octanol–water partition coefficient (Wildman–Crippen LogP) is 13.1. The Bertz CT molecular complexity index is 884. The summed E-state index contributed by atoms with van der Waals surface area (Å²) in [6.07, 6.45) is 58.6. The largest absolute Gasteiger partial charge is 0.394 e. The molecule has 0 heterocycles. The summed E-state index contributed by atoms with van der Waals surface area (Å²) in [5, 5.41) is 23.0. The van der Waals surface area contributed by atoms with Crippen LogP contribution in [-0.2, 0) is 4.79 Å². The van der Waals surface area contributed by atoms with Gasteiger partial charge >= 0.3 is 0 Å². The van der Waals surface area contributed by atoms with Gasteiger partial charge in [-0.3, -0.25) is 4.79 Å². The van der Waals surface area contributed by atoms with Gasteiger partial charge in [-0.2, -0.15) is 0 Å². The van der Waals surface area contributed by atoms with E-state index in [9.17, 15) is 15.0 Å². The Hall–Kier alpha value is -2.17. The normalized spacial score (nSPS) is 13.8. The van der Waals surface area contributed by atoms with Crippen LogP contribution in [0.1, 0.15) is 194 Å². The molecule has 1 amide bonds. The second-order valence-corrected chi connectivity index (χ2v) is 14.0. The summed E-state index contributed by atoms with van der Waals surface area (Å²) in [4.78, 5) is 12.4. The highest BCUT2D eigenvalue weighted by Crippen LogP contribution is 2.14. The number of allylic oxidation sites excluding steroid dienone is 11. The van der Waals surface area contributed by atoms with Crippen LogP contribution in [-0.4, -0.2) is 34.9 Å². The first-order valence-electron chi connectivity index (χ1n) is 21.2. The van der Waals surface area contributed by atoms with Crippen molar-refractivity contribution in [2.75, 3.05) is 6.61 Å². The summed E-state index contributed by atoms with van der Waals surface area (Å²) < 4.78 is 0. The molecule has 288 valence electrons. The Morgan fingerprint density at radius 3 is 1.32 bits per heavy atom. The van der Waals surface area contributed by atoms with E-state index >= 15 is 0 Å². The smallest absolute Gasteiger partial charge is 0.220 e. The summed E-state index contributed by atoms with van der Waals surface area (Å²) in [7, 11) is 0. The molecule has 0 aromatic rings. The standard InChI is InChI=1S/C46H81NO3/c1-3-5-7-9-11-13-15-17-19-21-23-25-27-29-31-33-35-37-39-41-45(49)44(43-48)47-46(50)42-40-38-36-34-32-30-28-26-24-22-20-18-16-14-12-10-8-6-4-2/h6,8,12,14,18,20,24,26,30,32,39,41,44-45,48-49H,3-5,7,9-11,13,15-17,19,21-23,25,27-29,31,33-38,40,42-43H2,1-2H3,(H,47,50)/b8-6-,14-12-,20-18-,26-24-,32-30-,41-39+. The van der Waals surface area contributed by atoms with Gasteiger partial charge in [-0.25, -0.2) is 0 Å². The summed E-state index contributed by atoms with van der Waals surface area (Å²) >= 11 is 0. The molecule has 4 nitrogen and oxygen atoms in total. The van der Waals surface area contributed by atoms with Gasteiger partial charge < -0.3 is 15.5 Å². The van der Waals surface area contributed by atoms with Crippen LogP contribution in [0.2, 0.25) is 0 Å². The Balaban J connectivity index is 3.68. The average Bonchev–Trinajstić information content (AvgIpc) is 3.12. The molecular formula is C46H81NO3. The molecule has 4 heteroatoms. The maximum absolute atomic E-state index is 12.4. The van der Waals surface area contributed by atoms with Crippen LogP contribution in [0.3, 0.4) is 0 Å². The average molecular weight is 696 g/mol. The van der Waals surface area contributed by atoms with E-state index in [1.165, 1.54) is 103 Å². The minimum Gasteiger partial charge on any atom is -0.394 e. The van der Waals surface area contributed by atoms with Gasteiger partial charge in [-0.15, -0.1) is 0 Å². The van der Waals surface area contributed by atoms with Crippen LogP contribution in [0.25, 0.3) is 0 Å². The minimum atomic E-state index is -0.856. The van der Waals surface area contributed by atoms with Crippen LogP contribution >= 0.6 is 0 Å². The van der Waals surface area contributed by atoms with Gasteiger partial charge in [0.25, 0.3) is 0 Å². The number of amides is 1. The van der Waals surface area contributed by atoms with E-state index in [2.05, 4.69) is 79.9 Å². The molecule has 50 heavy (non-hydrogen) atoms. The summed E-state index contributed by atoms with van der Waals surface area (Å²) in [6, 6.07) is -0.643. The molecule has 0 fully saturated rings. The number of nitrogens with one attached hydrogen (secondary N) is 1.